The number of aromatic nitrogens is 3. The Labute approximate surface area is 98.6 Å². The molecule has 0 aliphatic carbocycles. The van der Waals surface area contributed by atoms with E-state index in [0.29, 0.717) is 11.7 Å². The Balaban J connectivity index is 2.17. The molecule has 2 heterocycles. The fourth-order valence-electron chi connectivity index (χ4n) is 1.54. The van der Waals surface area contributed by atoms with E-state index in [1.165, 1.54) is 6.33 Å². The minimum atomic E-state index is -0.316. The number of anilines is 1. The quantitative estimate of drug-likeness (QED) is 0.874. The second-order valence-electron chi connectivity index (χ2n) is 3.79. The first-order valence-electron chi connectivity index (χ1n) is 5.36. The van der Waals surface area contributed by atoms with Crippen molar-refractivity contribution in [3.8, 4) is 0 Å². The van der Waals surface area contributed by atoms with Crippen molar-refractivity contribution in [1.82, 2.24) is 14.8 Å². The van der Waals surface area contributed by atoms with E-state index in [2.05, 4.69) is 15.5 Å². The molecule has 0 radical (unpaired) electrons. The molecule has 2 aromatic rings. The lowest BCUT2D eigenvalue weighted by Crippen LogP contribution is -2.14. The van der Waals surface area contributed by atoms with Crippen LogP contribution in [-0.2, 0) is 13.5 Å². The molecular formula is C11H14N4O2. The molecule has 17 heavy (non-hydrogen) atoms. The zero-order valence-corrected chi connectivity index (χ0v) is 10.0. The van der Waals surface area contributed by atoms with Crippen molar-refractivity contribution in [3.05, 3.63) is 29.5 Å². The molecule has 6 heteroatoms. The molecule has 1 N–H and O–H groups in total. The molecule has 2 rings (SSSR count). The van der Waals surface area contributed by atoms with Crippen LogP contribution in [0.4, 0.5) is 5.95 Å². The summed E-state index contributed by atoms with van der Waals surface area (Å²) in [5, 5.41) is 10.1. The first kappa shape index (κ1) is 11.4. The molecule has 6 nitrogen and oxygen atoms in total. The fourth-order valence-corrected chi connectivity index (χ4v) is 1.54. The van der Waals surface area contributed by atoms with Crippen LogP contribution in [0.5, 0.6) is 0 Å². The van der Waals surface area contributed by atoms with Crippen LogP contribution in [0.3, 0.4) is 0 Å². The van der Waals surface area contributed by atoms with E-state index in [9.17, 15) is 4.79 Å². The number of amides is 1. The molecule has 0 saturated heterocycles. The molecule has 2 aromatic heterocycles. The second kappa shape index (κ2) is 4.40. The van der Waals surface area contributed by atoms with Crippen LogP contribution in [-0.4, -0.2) is 20.7 Å². The number of carbonyl (C=O) groups is 1. The summed E-state index contributed by atoms with van der Waals surface area (Å²) in [5.74, 6) is 1.20. The van der Waals surface area contributed by atoms with Crippen LogP contribution in [0.2, 0.25) is 0 Å². The van der Waals surface area contributed by atoms with E-state index >= 15 is 0 Å². The Bertz CT molecular complexity index is 541. The van der Waals surface area contributed by atoms with E-state index in [1.54, 1.807) is 17.7 Å². The van der Waals surface area contributed by atoms with E-state index in [1.807, 2.05) is 13.8 Å². The summed E-state index contributed by atoms with van der Waals surface area (Å²) >= 11 is 0. The summed E-state index contributed by atoms with van der Waals surface area (Å²) in [4.78, 5) is 11.9. The summed E-state index contributed by atoms with van der Waals surface area (Å²) in [5.41, 5.74) is 0.982. The van der Waals surface area contributed by atoms with Gasteiger partial charge >= 0.3 is 0 Å². The molecule has 0 aliphatic rings. The fraction of sp³-hybridized carbons (Fsp3) is 0.364. The Hall–Kier alpha value is -2.11. The van der Waals surface area contributed by atoms with Gasteiger partial charge in [-0.15, -0.1) is 10.2 Å². The first-order valence-corrected chi connectivity index (χ1v) is 5.36. The SMILES string of the molecule is CCc1oc(C(=O)Nc2nncn2C)cc1C. The monoisotopic (exact) mass is 234 g/mol. The lowest BCUT2D eigenvalue weighted by molar-refractivity contribution is 0.0994. The Morgan fingerprint density at radius 1 is 1.59 bits per heavy atom. The van der Waals surface area contributed by atoms with Crippen molar-refractivity contribution < 1.29 is 9.21 Å². The van der Waals surface area contributed by atoms with Gasteiger partial charge in [0.05, 0.1) is 0 Å². The van der Waals surface area contributed by atoms with Crippen LogP contribution < -0.4 is 5.32 Å². The standard InChI is InChI=1S/C11H14N4O2/c1-4-8-7(2)5-9(17-8)10(16)13-11-14-12-6-15(11)3/h5-6H,4H2,1-3H3,(H,13,14,16). The van der Waals surface area contributed by atoms with Gasteiger partial charge in [0.1, 0.15) is 12.1 Å². The second-order valence-corrected chi connectivity index (χ2v) is 3.79. The third kappa shape index (κ3) is 2.20. The van der Waals surface area contributed by atoms with Gasteiger partial charge in [-0.3, -0.25) is 10.1 Å². The molecule has 0 atom stereocenters. The Kier molecular flexibility index (Phi) is 2.95. The third-order valence-electron chi connectivity index (χ3n) is 2.50. The van der Waals surface area contributed by atoms with Gasteiger partial charge in [-0.1, -0.05) is 6.92 Å². The molecule has 0 fully saturated rings. The van der Waals surface area contributed by atoms with Crippen LogP contribution in [0.25, 0.3) is 0 Å². The van der Waals surface area contributed by atoms with Gasteiger partial charge in [-0.05, 0) is 18.6 Å². The lowest BCUT2D eigenvalue weighted by atomic mass is 10.2. The van der Waals surface area contributed by atoms with Crippen LogP contribution in [0.1, 0.15) is 28.8 Å². The number of rotatable bonds is 3. The number of hydrogen-bond acceptors (Lipinski definition) is 4. The number of nitrogens with one attached hydrogen (secondary N) is 1. The van der Waals surface area contributed by atoms with Gasteiger partial charge in [0.25, 0.3) is 5.91 Å². The van der Waals surface area contributed by atoms with Crippen LogP contribution >= 0.6 is 0 Å². The smallest absolute Gasteiger partial charge is 0.293 e. The molecule has 1 amide bonds. The van der Waals surface area contributed by atoms with Crippen molar-refractivity contribution in [1.29, 1.82) is 0 Å². The predicted molar refractivity (Wildman–Crippen MR) is 61.8 cm³/mol. The highest BCUT2D eigenvalue weighted by Gasteiger charge is 2.15. The third-order valence-corrected chi connectivity index (χ3v) is 2.50. The predicted octanol–water partition coefficient (Wildman–Crippen LogP) is 1.53. The molecule has 0 bridgehead atoms. The van der Waals surface area contributed by atoms with Crippen molar-refractivity contribution >= 4 is 11.9 Å². The van der Waals surface area contributed by atoms with Crippen molar-refractivity contribution in [2.75, 3.05) is 5.32 Å². The van der Waals surface area contributed by atoms with Crippen LogP contribution in [0, 0.1) is 6.92 Å². The van der Waals surface area contributed by atoms with E-state index in [-0.39, 0.29) is 5.91 Å². The number of carbonyl (C=O) groups excluding carboxylic acids is 1. The summed E-state index contributed by atoms with van der Waals surface area (Å²) in [6, 6.07) is 1.73. The van der Waals surface area contributed by atoms with Crippen molar-refractivity contribution in [2.24, 2.45) is 7.05 Å². The highest BCUT2D eigenvalue weighted by atomic mass is 16.4. The maximum atomic E-state index is 11.9. The number of furan rings is 1. The number of hydrogen-bond donors (Lipinski definition) is 1. The molecule has 0 unspecified atom stereocenters. The molecule has 90 valence electrons. The first-order chi connectivity index (χ1) is 8.11. The Morgan fingerprint density at radius 2 is 2.35 bits per heavy atom. The summed E-state index contributed by atoms with van der Waals surface area (Å²) in [6.45, 7) is 3.90. The average Bonchev–Trinajstić information content (AvgIpc) is 2.86. The maximum Gasteiger partial charge on any atom is 0.293 e. The van der Waals surface area contributed by atoms with E-state index < -0.39 is 0 Å². The van der Waals surface area contributed by atoms with Crippen molar-refractivity contribution in [3.63, 3.8) is 0 Å². The summed E-state index contributed by atoms with van der Waals surface area (Å²) < 4.78 is 7.06. The van der Waals surface area contributed by atoms with Gasteiger partial charge in [0, 0.05) is 13.5 Å². The zero-order valence-electron chi connectivity index (χ0n) is 10.0. The minimum Gasteiger partial charge on any atom is -0.456 e. The molecule has 0 spiro atoms. The largest absolute Gasteiger partial charge is 0.456 e. The van der Waals surface area contributed by atoms with Crippen molar-refractivity contribution in [2.45, 2.75) is 20.3 Å². The maximum absolute atomic E-state index is 11.9. The molecular weight excluding hydrogens is 220 g/mol. The van der Waals surface area contributed by atoms with Crippen LogP contribution in [0.15, 0.2) is 16.8 Å². The average molecular weight is 234 g/mol. The van der Waals surface area contributed by atoms with Gasteiger partial charge < -0.3 is 8.98 Å². The van der Waals surface area contributed by atoms with Gasteiger partial charge in [0.15, 0.2) is 5.76 Å². The van der Waals surface area contributed by atoms with E-state index in [4.69, 9.17) is 4.42 Å². The van der Waals surface area contributed by atoms with E-state index in [0.717, 1.165) is 17.7 Å². The van der Waals surface area contributed by atoms with Gasteiger partial charge in [-0.25, -0.2) is 0 Å². The minimum absolute atomic E-state index is 0.294. The summed E-state index contributed by atoms with van der Waals surface area (Å²) in [7, 11) is 1.75. The molecule has 0 aromatic carbocycles. The molecule has 0 aliphatic heterocycles. The van der Waals surface area contributed by atoms with Gasteiger partial charge in [0.2, 0.25) is 5.95 Å². The normalized spacial score (nSPS) is 10.5. The highest BCUT2D eigenvalue weighted by Crippen LogP contribution is 2.16. The zero-order chi connectivity index (χ0) is 12.4. The lowest BCUT2D eigenvalue weighted by Gasteiger charge is -2.00. The number of nitrogens with zero attached hydrogens (tertiary/aromatic N) is 3. The number of aryl methyl sites for hydroxylation is 3. The Morgan fingerprint density at radius 3 is 2.88 bits per heavy atom. The van der Waals surface area contributed by atoms with Gasteiger partial charge in [-0.2, -0.15) is 0 Å². The topological polar surface area (TPSA) is 73.0 Å². The molecule has 0 saturated carbocycles. The summed E-state index contributed by atoms with van der Waals surface area (Å²) in [6.07, 6.45) is 2.28. The highest BCUT2D eigenvalue weighted by molar-refractivity contribution is 6.01.